The number of nitrogens with one attached hydrogen (secondary N) is 1. The number of aliphatic hydroxyl groups is 1. The lowest BCUT2D eigenvalue weighted by molar-refractivity contribution is 0.0576. The lowest BCUT2D eigenvalue weighted by Crippen LogP contribution is -2.39. The summed E-state index contributed by atoms with van der Waals surface area (Å²) in [6.07, 6.45) is 3.70. The molecule has 0 spiro atoms. The molecule has 18 heavy (non-hydrogen) atoms. The Morgan fingerprint density at radius 3 is 2.39 bits per heavy atom. The molecule has 1 aliphatic carbocycles. The van der Waals surface area contributed by atoms with E-state index in [9.17, 15) is 5.11 Å². The van der Waals surface area contributed by atoms with E-state index in [1.165, 1.54) is 6.42 Å². The van der Waals surface area contributed by atoms with Crippen LogP contribution in [-0.4, -0.2) is 24.4 Å². The Hall–Kier alpha value is -1.22. The minimum absolute atomic E-state index is 0.118. The van der Waals surface area contributed by atoms with Crippen molar-refractivity contribution in [2.45, 2.75) is 39.2 Å². The molecule has 0 heterocycles. The average Bonchev–Trinajstić information content (AvgIpc) is 2.30. The van der Waals surface area contributed by atoms with Crippen LogP contribution in [0, 0.1) is 5.41 Å². The summed E-state index contributed by atoms with van der Waals surface area (Å²) in [6, 6.07) is 8.02. The Labute approximate surface area is 109 Å². The van der Waals surface area contributed by atoms with Gasteiger partial charge in [-0.1, -0.05) is 6.42 Å². The van der Waals surface area contributed by atoms with Crippen molar-refractivity contribution in [2.24, 2.45) is 5.41 Å². The van der Waals surface area contributed by atoms with Crippen LogP contribution in [0.2, 0.25) is 0 Å². The molecule has 0 radical (unpaired) electrons. The van der Waals surface area contributed by atoms with E-state index in [2.05, 4.69) is 5.32 Å². The average molecular weight is 249 g/mol. The van der Waals surface area contributed by atoms with Gasteiger partial charge in [-0.05, 0) is 51.0 Å². The molecule has 0 bridgehead atoms. The minimum Gasteiger partial charge on any atom is -0.491 e. The van der Waals surface area contributed by atoms with E-state index >= 15 is 0 Å². The van der Waals surface area contributed by atoms with Gasteiger partial charge in [-0.15, -0.1) is 0 Å². The largest absolute Gasteiger partial charge is 0.491 e. The number of benzene rings is 1. The first kappa shape index (κ1) is 13.2. The zero-order valence-corrected chi connectivity index (χ0v) is 11.3. The third kappa shape index (κ3) is 3.16. The van der Waals surface area contributed by atoms with Crippen molar-refractivity contribution >= 4 is 5.69 Å². The highest BCUT2D eigenvalue weighted by Gasteiger charge is 2.35. The fourth-order valence-electron chi connectivity index (χ4n) is 2.28. The third-order valence-electron chi connectivity index (χ3n) is 3.64. The summed E-state index contributed by atoms with van der Waals surface area (Å²) in [7, 11) is 0. The summed E-state index contributed by atoms with van der Waals surface area (Å²) >= 11 is 0. The second-order valence-corrected chi connectivity index (χ2v) is 5.56. The van der Waals surface area contributed by atoms with Gasteiger partial charge in [0, 0.05) is 17.6 Å². The lowest BCUT2D eigenvalue weighted by atomic mass is 9.69. The molecule has 3 nitrogen and oxygen atoms in total. The molecule has 0 saturated heterocycles. The quantitative estimate of drug-likeness (QED) is 0.814. The first-order valence-electron chi connectivity index (χ1n) is 6.75. The predicted molar refractivity (Wildman–Crippen MR) is 74.1 cm³/mol. The summed E-state index contributed by atoms with van der Waals surface area (Å²) < 4.78 is 5.60. The van der Waals surface area contributed by atoms with Crippen molar-refractivity contribution < 1.29 is 9.84 Å². The first-order valence-corrected chi connectivity index (χ1v) is 6.75. The fourth-order valence-corrected chi connectivity index (χ4v) is 2.28. The maximum Gasteiger partial charge on any atom is 0.119 e. The Morgan fingerprint density at radius 1 is 1.28 bits per heavy atom. The highest BCUT2D eigenvalue weighted by Crippen LogP contribution is 2.40. The van der Waals surface area contributed by atoms with Gasteiger partial charge < -0.3 is 15.2 Å². The summed E-state index contributed by atoms with van der Waals surface area (Å²) in [5.74, 6) is 0.899. The van der Waals surface area contributed by atoms with Gasteiger partial charge in [0.1, 0.15) is 5.75 Å². The van der Waals surface area contributed by atoms with Crippen LogP contribution in [0.15, 0.2) is 24.3 Å². The summed E-state index contributed by atoms with van der Waals surface area (Å²) in [5, 5.41) is 12.8. The first-order chi connectivity index (χ1) is 8.63. The minimum atomic E-state index is 0.118. The molecule has 1 aromatic rings. The van der Waals surface area contributed by atoms with Crippen molar-refractivity contribution in [1.29, 1.82) is 0 Å². The normalized spacial score (nSPS) is 17.3. The number of rotatable bonds is 6. The van der Waals surface area contributed by atoms with Gasteiger partial charge in [-0.25, -0.2) is 0 Å². The zero-order valence-electron chi connectivity index (χ0n) is 11.3. The molecule has 1 aliphatic rings. The molecular weight excluding hydrogens is 226 g/mol. The smallest absolute Gasteiger partial charge is 0.119 e. The predicted octanol–water partition coefficient (Wildman–Crippen LogP) is 3.05. The van der Waals surface area contributed by atoms with Gasteiger partial charge >= 0.3 is 0 Å². The van der Waals surface area contributed by atoms with Crippen LogP contribution in [-0.2, 0) is 0 Å². The van der Waals surface area contributed by atoms with Gasteiger partial charge in [0.05, 0.1) is 12.7 Å². The van der Waals surface area contributed by atoms with Crippen LogP contribution < -0.4 is 10.1 Å². The highest BCUT2D eigenvalue weighted by molar-refractivity contribution is 5.46. The van der Waals surface area contributed by atoms with Crippen molar-refractivity contribution in [1.82, 2.24) is 0 Å². The van der Waals surface area contributed by atoms with Crippen LogP contribution in [0.1, 0.15) is 33.1 Å². The second kappa shape index (κ2) is 5.61. The van der Waals surface area contributed by atoms with E-state index < -0.39 is 0 Å². The molecule has 100 valence electrons. The number of ether oxygens (including phenoxy) is 1. The number of anilines is 1. The molecule has 0 amide bonds. The van der Waals surface area contributed by atoms with E-state index in [0.29, 0.717) is 0 Å². The molecule has 2 rings (SSSR count). The third-order valence-corrected chi connectivity index (χ3v) is 3.64. The van der Waals surface area contributed by atoms with Crippen molar-refractivity contribution in [3.05, 3.63) is 24.3 Å². The van der Waals surface area contributed by atoms with Crippen molar-refractivity contribution in [2.75, 3.05) is 18.5 Å². The maximum absolute atomic E-state index is 9.40. The summed E-state index contributed by atoms with van der Waals surface area (Å²) in [4.78, 5) is 0. The fraction of sp³-hybridized carbons (Fsp3) is 0.600. The second-order valence-electron chi connectivity index (χ2n) is 5.56. The van der Waals surface area contributed by atoms with E-state index in [-0.39, 0.29) is 18.1 Å². The van der Waals surface area contributed by atoms with Crippen LogP contribution in [0.4, 0.5) is 5.69 Å². The zero-order chi connectivity index (χ0) is 13.0. The number of hydrogen-bond donors (Lipinski definition) is 2. The number of hydrogen-bond acceptors (Lipinski definition) is 3. The van der Waals surface area contributed by atoms with Gasteiger partial charge in [0.25, 0.3) is 0 Å². The van der Waals surface area contributed by atoms with Gasteiger partial charge in [-0.3, -0.25) is 0 Å². The van der Waals surface area contributed by atoms with Crippen LogP contribution in [0.5, 0.6) is 5.75 Å². The molecule has 2 N–H and O–H groups in total. The van der Waals surface area contributed by atoms with E-state index in [4.69, 9.17) is 4.74 Å². The Morgan fingerprint density at radius 2 is 1.94 bits per heavy atom. The molecule has 1 saturated carbocycles. The van der Waals surface area contributed by atoms with Gasteiger partial charge in [0.15, 0.2) is 0 Å². The van der Waals surface area contributed by atoms with Crippen LogP contribution in [0.25, 0.3) is 0 Å². The topological polar surface area (TPSA) is 41.5 Å². The summed E-state index contributed by atoms with van der Waals surface area (Å²) in [5.41, 5.74) is 1.21. The summed E-state index contributed by atoms with van der Waals surface area (Å²) in [6.45, 7) is 5.18. The Balaban J connectivity index is 1.86. The lowest BCUT2D eigenvalue weighted by Gasteiger charge is -2.40. The van der Waals surface area contributed by atoms with E-state index in [0.717, 1.165) is 30.8 Å². The molecule has 1 fully saturated rings. The molecule has 0 unspecified atom stereocenters. The van der Waals surface area contributed by atoms with Crippen LogP contribution >= 0.6 is 0 Å². The Bertz CT molecular complexity index is 363. The van der Waals surface area contributed by atoms with E-state index in [1.807, 2.05) is 38.1 Å². The van der Waals surface area contributed by atoms with Gasteiger partial charge in [0.2, 0.25) is 0 Å². The molecule has 0 atom stereocenters. The molecule has 3 heteroatoms. The van der Waals surface area contributed by atoms with Crippen LogP contribution in [0.3, 0.4) is 0 Å². The number of aliphatic hydroxyl groups excluding tert-OH is 1. The molecular formula is C15H23NO2. The maximum atomic E-state index is 9.40. The van der Waals surface area contributed by atoms with Crippen molar-refractivity contribution in [3.8, 4) is 5.75 Å². The van der Waals surface area contributed by atoms with E-state index in [1.54, 1.807) is 0 Å². The Kier molecular flexibility index (Phi) is 4.12. The SMILES string of the molecule is CC(C)Oc1ccc(NCC2(CO)CCC2)cc1. The monoisotopic (exact) mass is 249 g/mol. The highest BCUT2D eigenvalue weighted by atomic mass is 16.5. The van der Waals surface area contributed by atoms with Crippen molar-refractivity contribution in [3.63, 3.8) is 0 Å². The standard InChI is InChI=1S/C15H23NO2/c1-12(2)18-14-6-4-13(5-7-14)16-10-15(11-17)8-3-9-15/h4-7,12,16-17H,3,8-11H2,1-2H3. The van der Waals surface area contributed by atoms with Gasteiger partial charge in [-0.2, -0.15) is 0 Å². The molecule has 0 aromatic heterocycles. The molecule has 1 aromatic carbocycles. The molecule has 0 aliphatic heterocycles.